The van der Waals surface area contributed by atoms with Crippen LogP contribution in [0.15, 0.2) is 30.6 Å². The number of nitrogens with one attached hydrogen (secondary N) is 2. The zero-order valence-electron chi connectivity index (χ0n) is 21.4. The van der Waals surface area contributed by atoms with Crippen LogP contribution in [-0.4, -0.2) is 35.4 Å². The number of nitrogens with zero attached hydrogens (tertiary/aromatic N) is 3. The van der Waals surface area contributed by atoms with Gasteiger partial charge in [0.2, 0.25) is 0 Å². The standard InChI is InChI=1S/C23H33N5O2.C4H8/c1-16(2)14-28(15-17(3)4)22-9-8-19(7-6-10-29)11-21(22)27-23(30)26-20-12-24-18(5)25-13-20;1-2-4-3-1/h8-13,16-17H,6-7,14-15H2,1-5H3,(H2,26,27,30);1-4H2. The van der Waals surface area contributed by atoms with E-state index in [1.165, 1.54) is 25.7 Å². The number of aryl methyl sites for hydroxylation is 2. The maximum Gasteiger partial charge on any atom is 0.323 e. The van der Waals surface area contributed by atoms with Crippen LogP contribution in [0, 0.1) is 18.8 Å². The van der Waals surface area contributed by atoms with Crippen LogP contribution in [0.3, 0.4) is 0 Å². The lowest BCUT2D eigenvalue weighted by atomic mass is 10.0. The van der Waals surface area contributed by atoms with Gasteiger partial charge in [0.25, 0.3) is 0 Å². The number of benzene rings is 1. The van der Waals surface area contributed by atoms with E-state index in [4.69, 9.17) is 0 Å². The van der Waals surface area contributed by atoms with Crippen LogP contribution in [0.4, 0.5) is 21.9 Å². The quantitative estimate of drug-likeness (QED) is 0.404. The lowest BCUT2D eigenvalue weighted by Gasteiger charge is -2.30. The first-order chi connectivity index (χ1) is 16.3. The molecule has 0 bridgehead atoms. The number of aromatic nitrogens is 2. The van der Waals surface area contributed by atoms with Crippen molar-refractivity contribution in [3.8, 4) is 0 Å². The summed E-state index contributed by atoms with van der Waals surface area (Å²) < 4.78 is 0. The topological polar surface area (TPSA) is 87.2 Å². The van der Waals surface area contributed by atoms with E-state index in [2.05, 4.69) is 53.2 Å². The molecular formula is C27H41N5O2. The zero-order chi connectivity index (χ0) is 24.9. The van der Waals surface area contributed by atoms with Gasteiger partial charge < -0.3 is 20.3 Å². The summed E-state index contributed by atoms with van der Waals surface area (Å²) in [5.74, 6) is 1.60. The molecule has 0 spiro atoms. The summed E-state index contributed by atoms with van der Waals surface area (Å²) in [7, 11) is 0. The highest BCUT2D eigenvalue weighted by Gasteiger charge is 2.17. The molecule has 7 heteroatoms. The maximum absolute atomic E-state index is 12.7. The Kier molecular flexibility index (Phi) is 11.5. The fraction of sp³-hybridized carbons (Fsp3) is 0.556. The van der Waals surface area contributed by atoms with Crippen molar-refractivity contribution in [3.63, 3.8) is 0 Å². The molecule has 0 saturated heterocycles. The van der Waals surface area contributed by atoms with E-state index in [1.54, 1.807) is 19.3 Å². The van der Waals surface area contributed by atoms with Crippen molar-refractivity contribution < 1.29 is 9.59 Å². The number of carbonyl (C=O) groups excluding carboxylic acids is 2. The number of carbonyl (C=O) groups is 2. The molecule has 0 atom stereocenters. The molecule has 0 aliphatic heterocycles. The number of hydrogen-bond acceptors (Lipinski definition) is 5. The Balaban J connectivity index is 0.000000920. The van der Waals surface area contributed by atoms with Gasteiger partial charge in [0, 0.05) is 19.5 Å². The summed E-state index contributed by atoms with van der Waals surface area (Å²) in [5.41, 5.74) is 3.24. The number of amides is 2. The summed E-state index contributed by atoms with van der Waals surface area (Å²) in [5, 5.41) is 5.76. The van der Waals surface area contributed by atoms with Gasteiger partial charge in [0.1, 0.15) is 12.1 Å². The molecule has 2 amide bonds. The lowest BCUT2D eigenvalue weighted by Crippen LogP contribution is -2.32. The monoisotopic (exact) mass is 467 g/mol. The SMILES string of the molecule is C1CCC1.Cc1ncc(NC(=O)Nc2cc(CCC=O)ccc2N(CC(C)C)CC(C)C)cn1. The van der Waals surface area contributed by atoms with Gasteiger partial charge in [0.05, 0.1) is 29.5 Å². The van der Waals surface area contributed by atoms with Crippen molar-refractivity contribution in [3.05, 3.63) is 42.0 Å². The average molecular weight is 468 g/mol. The average Bonchev–Trinajstić information content (AvgIpc) is 2.71. The summed E-state index contributed by atoms with van der Waals surface area (Å²) >= 11 is 0. The van der Waals surface area contributed by atoms with Crippen LogP contribution >= 0.6 is 0 Å². The minimum absolute atomic E-state index is 0.356. The van der Waals surface area contributed by atoms with Gasteiger partial charge in [-0.3, -0.25) is 0 Å². The zero-order valence-corrected chi connectivity index (χ0v) is 21.4. The molecule has 1 aliphatic carbocycles. The largest absolute Gasteiger partial charge is 0.369 e. The fourth-order valence-electron chi connectivity index (χ4n) is 3.48. The Labute approximate surface area is 204 Å². The molecule has 0 unspecified atom stereocenters. The first kappa shape index (κ1) is 27.3. The van der Waals surface area contributed by atoms with E-state index < -0.39 is 0 Å². The van der Waals surface area contributed by atoms with E-state index in [0.717, 1.165) is 36.3 Å². The molecule has 1 aliphatic rings. The number of anilines is 3. The van der Waals surface area contributed by atoms with Crippen molar-refractivity contribution in [1.82, 2.24) is 9.97 Å². The summed E-state index contributed by atoms with van der Waals surface area (Å²) in [4.78, 5) is 34.0. The number of aldehydes is 1. The maximum atomic E-state index is 12.7. The minimum Gasteiger partial charge on any atom is -0.369 e. The summed E-state index contributed by atoms with van der Waals surface area (Å²) in [6.45, 7) is 12.3. The fourth-order valence-corrected chi connectivity index (χ4v) is 3.48. The minimum atomic E-state index is -0.356. The molecule has 0 radical (unpaired) electrons. The normalized spacial score (nSPS) is 12.4. The summed E-state index contributed by atoms with van der Waals surface area (Å²) in [6.07, 6.45) is 11.2. The Bertz CT molecular complexity index is 878. The van der Waals surface area contributed by atoms with Crippen LogP contribution in [0.25, 0.3) is 0 Å². The summed E-state index contributed by atoms with van der Waals surface area (Å²) in [6, 6.07) is 5.67. The second-order valence-corrected chi connectivity index (χ2v) is 9.76. The Morgan fingerprint density at radius 2 is 1.59 bits per heavy atom. The first-order valence-electron chi connectivity index (χ1n) is 12.5. The predicted molar refractivity (Wildman–Crippen MR) is 141 cm³/mol. The lowest BCUT2D eigenvalue weighted by molar-refractivity contribution is -0.107. The van der Waals surface area contributed by atoms with Crippen molar-refractivity contribution >= 4 is 29.4 Å². The number of urea groups is 1. The predicted octanol–water partition coefficient (Wildman–Crippen LogP) is 6.24. The van der Waals surface area contributed by atoms with Gasteiger partial charge in [-0.2, -0.15) is 0 Å². The Morgan fingerprint density at radius 1 is 1.00 bits per heavy atom. The molecule has 1 fully saturated rings. The third-order valence-corrected chi connectivity index (χ3v) is 5.41. The van der Waals surface area contributed by atoms with E-state index in [9.17, 15) is 9.59 Å². The third kappa shape index (κ3) is 9.89. The molecular weight excluding hydrogens is 426 g/mol. The van der Waals surface area contributed by atoms with Gasteiger partial charge in [-0.05, 0) is 42.9 Å². The van der Waals surface area contributed by atoms with Crippen molar-refractivity contribution in [1.29, 1.82) is 0 Å². The van der Waals surface area contributed by atoms with Crippen LogP contribution in [-0.2, 0) is 11.2 Å². The van der Waals surface area contributed by atoms with Crippen molar-refractivity contribution in [2.45, 2.75) is 73.1 Å². The molecule has 2 aromatic rings. The molecule has 3 rings (SSSR count). The molecule has 1 saturated carbocycles. The molecule has 186 valence electrons. The van der Waals surface area contributed by atoms with Crippen LogP contribution in [0.2, 0.25) is 0 Å². The molecule has 34 heavy (non-hydrogen) atoms. The Morgan fingerprint density at radius 3 is 2.09 bits per heavy atom. The van der Waals surface area contributed by atoms with Gasteiger partial charge in [-0.15, -0.1) is 0 Å². The third-order valence-electron chi connectivity index (χ3n) is 5.41. The highest BCUT2D eigenvalue weighted by Crippen LogP contribution is 2.29. The van der Waals surface area contributed by atoms with E-state index in [0.29, 0.717) is 36.2 Å². The second kappa shape index (κ2) is 14.3. The number of rotatable bonds is 10. The van der Waals surface area contributed by atoms with E-state index in [1.807, 2.05) is 18.2 Å². The molecule has 1 aromatic carbocycles. The van der Waals surface area contributed by atoms with Crippen LogP contribution in [0.5, 0.6) is 0 Å². The highest BCUT2D eigenvalue weighted by atomic mass is 16.2. The molecule has 7 nitrogen and oxygen atoms in total. The molecule has 2 N–H and O–H groups in total. The molecule has 1 aromatic heterocycles. The van der Waals surface area contributed by atoms with E-state index in [-0.39, 0.29) is 6.03 Å². The highest BCUT2D eigenvalue weighted by molar-refractivity contribution is 6.01. The van der Waals surface area contributed by atoms with Crippen LogP contribution in [0.1, 0.15) is 71.2 Å². The van der Waals surface area contributed by atoms with Gasteiger partial charge in [-0.25, -0.2) is 14.8 Å². The smallest absolute Gasteiger partial charge is 0.323 e. The molecule has 1 heterocycles. The Hall–Kier alpha value is -2.96. The van der Waals surface area contributed by atoms with Gasteiger partial charge >= 0.3 is 6.03 Å². The van der Waals surface area contributed by atoms with Crippen molar-refractivity contribution in [2.75, 3.05) is 28.6 Å². The van der Waals surface area contributed by atoms with Gasteiger partial charge in [-0.1, -0.05) is 59.4 Å². The van der Waals surface area contributed by atoms with E-state index >= 15 is 0 Å². The second-order valence-electron chi connectivity index (χ2n) is 9.76. The number of hydrogen-bond donors (Lipinski definition) is 2. The first-order valence-corrected chi connectivity index (χ1v) is 12.5. The van der Waals surface area contributed by atoms with Crippen LogP contribution < -0.4 is 15.5 Å². The van der Waals surface area contributed by atoms with Crippen molar-refractivity contribution in [2.24, 2.45) is 11.8 Å². The van der Waals surface area contributed by atoms with Gasteiger partial charge in [0.15, 0.2) is 0 Å².